The van der Waals surface area contributed by atoms with Gasteiger partial charge >= 0.3 is 0 Å². The van der Waals surface area contributed by atoms with Gasteiger partial charge in [0.05, 0.1) is 6.04 Å². The Morgan fingerprint density at radius 2 is 1.38 bits per heavy atom. The largest absolute Gasteiger partial charge is 0.455 e. The van der Waals surface area contributed by atoms with Crippen molar-refractivity contribution in [3.8, 4) is 11.1 Å². The molecule has 1 aromatic heterocycles. The Labute approximate surface area is 286 Å². The fourth-order valence-corrected chi connectivity index (χ4v) is 7.45. The van der Waals surface area contributed by atoms with Crippen LogP contribution in [0.3, 0.4) is 0 Å². The number of hydrogen-bond donors (Lipinski definition) is 0. The van der Waals surface area contributed by atoms with E-state index in [4.69, 9.17) is 9.41 Å². The summed E-state index contributed by atoms with van der Waals surface area (Å²) in [6.45, 7) is 23.5. The van der Waals surface area contributed by atoms with Crippen molar-refractivity contribution < 1.29 is 4.42 Å². The van der Waals surface area contributed by atoms with E-state index in [1.165, 1.54) is 66.5 Å². The monoisotopic (exact) mass is 633 g/mol. The zero-order chi connectivity index (χ0) is 34.2. The van der Waals surface area contributed by atoms with E-state index in [0.29, 0.717) is 5.92 Å². The highest BCUT2D eigenvalue weighted by Gasteiger charge is 2.35. The van der Waals surface area contributed by atoms with Crippen LogP contribution < -0.4 is 0 Å². The lowest BCUT2D eigenvalue weighted by Crippen LogP contribution is -2.27. The highest BCUT2D eigenvalue weighted by Crippen LogP contribution is 2.50. The Balaban J connectivity index is 1.57. The van der Waals surface area contributed by atoms with E-state index >= 15 is 0 Å². The van der Waals surface area contributed by atoms with Gasteiger partial charge in [0, 0.05) is 27.3 Å². The molecule has 0 saturated carbocycles. The molecule has 0 bridgehead atoms. The Morgan fingerprint density at radius 1 is 0.688 bits per heavy atom. The lowest BCUT2D eigenvalue weighted by Gasteiger charge is -2.37. The van der Waals surface area contributed by atoms with E-state index in [1.807, 2.05) is 0 Å². The van der Waals surface area contributed by atoms with Gasteiger partial charge in [-0.1, -0.05) is 129 Å². The Kier molecular flexibility index (Phi) is 7.74. The van der Waals surface area contributed by atoms with Gasteiger partial charge in [-0.25, -0.2) is 0 Å². The molecule has 7 rings (SSSR count). The SMILES string of the molecule is CC(=NC(c1ccc2ccc3c4oc5ccccc5c4cc4c(-c5ccccc5)cc1c2c43)C(C)(C)CCC(C)C(C)(C)C)C(C)(C)C. The fraction of sp³-hybridized carbons (Fsp3) is 0.370. The zero-order valence-corrected chi connectivity index (χ0v) is 30.6. The molecule has 0 aliphatic heterocycles. The summed E-state index contributed by atoms with van der Waals surface area (Å²) in [6.07, 6.45) is 2.27. The lowest BCUT2D eigenvalue weighted by atomic mass is 9.71. The number of furan rings is 1. The molecule has 0 spiro atoms. The molecule has 0 saturated heterocycles. The Morgan fingerprint density at radius 3 is 2.08 bits per heavy atom. The second kappa shape index (κ2) is 11.5. The number of rotatable bonds is 7. The first-order valence-electron chi connectivity index (χ1n) is 17.8. The van der Waals surface area contributed by atoms with Gasteiger partial charge in [0.1, 0.15) is 11.2 Å². The topological polar surface area (TPSA) is 25.5 Å². The second-order valence-corrected chi connectivity index (χ2v) is 17.1. The van der Waals surface area contributed by atoms with Crippen molar-refractivity contribution >= 4 is 60.0 Å². The van der Waals surface area contributed by atoms with E-state index in [1.54, 1.807) is 0 Å². The minimum Gasteiger partial charge on any atom is -0.455 e. The Hall–Kier alpha value is -4.17. The number of aliphatic imine (C=N–C) groups is 1. The molecule has 1 heterocycles. The van der Waals surface area contributed by atoms with Crippen LogP contribution in [0.25, 0.3) is 65.4 Å². The van der Waals surface area contributed by atoms with Gasteiger partial charge in [-0.05, 0) is 104 Å². The molecule has 0 aliphatic rings. The minimum absolute atomic E-state index is 0.00306. The number of fused-ring (bicyclic) bond motifs is 4. The third-order valence-electron chi connectivity index (χ3n) is 11.5. The minimum atomic E-state index is -0.0617. The molecular weight excluding hydrogens is 583 g/mol. The van der Waals surface area contributed by atoms with E-state index < -0.39 is 0 Å². The molecule has 0 N–H and O–H groups in total. The van der Waals surface area contributed by atoms with Gasteiger partial charge in [0.25, 0.3) is 0 Å². The molecule has 7 aromatic rings. The summed E-state index contributed by atoms with van der Waals surface area (Å²) in [5.41, 5.74) is 7.10. The van der Waals surface area contributed by atoms with Crippen molar-refractivity contribution in [3.05, 3.63) is 96.6 Å². The first-order valence-corrected chi connectivity index (χ1v) is 17.8. The molecule has 6 aromatic carbocycles. The van der Waals surface area contributed by atoms with E-state index in [2.05, 4.69) is 160 Å². The molecule has 0 amide bonds. The molecule has 0 aliphatic carbocycles. The van der Waals surface area contributed by atoms with Crippen LogP contribution in [0.15, 0.2) is 100 Å². The molecule has 2 nitrogen and oxygen atoms in total. The predicted octanol–water partition coefficient (Wildman–Crippen LogP) is 14.2. The van der Waals surface area contributed by atoms with Crippen molar-refractivity contribution in [1.82, 2.24) is 0 Å². The molecular formula is C46H51NO. The normalized spacial score (nSPS) is 15.0. The van der Waals surface area contributed by atoms with Gasteiger partial charge in [-0.3, -0.25) is 4.99 Å². The van der Waals surface area contributed by atoms with Crippen LogP contribution in [0, 0.1) is 22.2 Å². The second-order valence-electron chi connectivity index (χ2n) is 17.1. The average molecular weight is 634 g/mol. The maximum absolute atomic E-state index is 6.64. The molecule has 0 fully saturated rings. The van der Waals surface area contributed by atoms with Crippen LogP contribution in [0.2, 0.25) is 0 Å². The predicted molar refractivity (Wildman–Crippen MR) is 210 cm³/mol. The standard InChI is InChI=1S/C46H51NO/c1-28(44(3,4)5)24-25-46(9,10)43(47-29(2)45(6,7)8)33-22-20-31-21-23-34-41-37(27-38-32-18-14-15-19-39(32)48-42(34)38)35(26-36(33)40(31)41)30-16-12-11-13-17-30/h11-23,26-28,43H,24-25H2,1-10H3. The van der Waals surface area contributed by atoms with Crippen molar-refractivity contribution in [2.24, 2.45) is 27.2 Å². The van der Waals surface area contributed by atoms with E-state index in [0.717, 1.165) is 23.0 Å². The summed E-state index contributed by atoms with van der Waals surface area (Å²) >= 11 is 0. The number of hydrogen-bond acceptors (Lipinski definition) is 2. The number of nitrogens with zero attached hydrogens (tertiary/aromatic N) is 1. The maximum atomic E-state index is 6.64. The molecule has 246 valence electrons. The van der Waals surface area contributed by atoms with Crippen LogP contribution in [-0.2, 0) is 0 Å². The third kappa shape index (κ3) is 5.48. The van der Waals surface area contributed by atoms with E-state index in [9.17, 15) is 0 Å². The fourth-order valence-electron chi connectivity index (χ4n) is 7.45. The van der Waals surface area contributed by atoms with Crippen molar-refractivity contribution in [2.45, 2.75) is 88.1 Å². The van der Waals surface area contributed by atoms with Crippen molar-refractivity contribution in [2.75, 3.05) is 0 Å². The lowest BCUT2D eigenvalue weighted by molar-refractivity contribution is 0.187. The first-order chi connectivity index (χ1) is 22.6. The summed E-state index contributed by atoms with van der Waals surface area (Å²) in [6, 6.07) is 33.5. The van der Waals surface area contributed by atoms with Crippen LogP contribution in [0.4, 0.5) is 0 Å². The molecule has 48 heavy (non-hydrogen) atoms. The molecule has 0 radical (unpaired) electrons. The highest BCUT2D eigenvalue weighted by atomic mass is 16.3. The summed E-state index contributed by atoms with van der Waals surface area (Å²) in [5, 5.41) is 9.94. The quantitative estimate of drug-likeness (QED) is 0.127. The maximum Gasteiger partial charge on any atom is 0.143 e. The van der Waals surface area contributed by atoms with Gasteiger partial charge < -0.3 is 4.42 Å². The summed E-state index contributed by atoms with van der Waals surface area (Å²) < 4.78 is 6.64. The van der Waals surface area contributed by atoms with Gasteiger partial charge in [-0.2, -0.15) is 0 Å². The third-order valence-corrected chi connectivity index (χ3v) is 11.5. The number of benzene rings is 6. The van der Waals surface area contributed by atoms with Crippen molar-refractivity contribution in [1.29, 1.82) is 0 Å². The zero-order valence-electron chi connectivity index (χ0n) is 30.6. The van der Waals surface area contributed by atoms with Gasteiger partial charge in [0.15, 0.2) is 0 Å². The van der Waals surface area contributed by atoms with Crippen LogP contribution in [-0.4, -0.2) is 5.71 Å². The summed E-state index contributed by atoms with van der Waals surface area (Å²) in [7, 11) is 0. The molecule has 2 unspecified atom stereocenters. The van der Waals surface area contributed by atoms with Crippen LogP contribution >= 0.6 is 0 Å². The first kappa shape index (κ1) is 32.4. The summed E-state index contributed by atoms with van der Waals surface area (Å²) in [4.78, 5) is 5.69. The van der Waals surface area contributed by atoms with Crippen molar-refractivity contribution in [3.63, 3.8) is 0 Å². The van der Waals surface area contributed by atoms with E-state index in [-0.39, 0.29) is 22.3 Å². The highest BCUT2D eigenvalue weighted by molar-refractivity contribution is 6.33. The molecule has 2 atom stereocenters. The number of para-hydroxylation sites is 1. The smallest absolute Gasteiger partial charge is 0.143 e. The van der Waals surface area contributed by atoms with Gasteiger partial charge in [-0.15, -0.1) is 0 Å². The van der Waals surface area contributed by atoms with Crippen LogP contribution in [0.1, 0.15) is 93.7 Å². The Bertz CT molecular complexity index is 2300. The average Bonchev–Trinajstić information content (AvgIpc) is 3.42. The van der Waals surface area contributed by atoms with Crippen LogP contribution in [0.5, 0.6) is 0 Å². The van der Waals surface area contributed by atoms with Gasteiger partial charge in [0.2, 0.25) is 0 Å². The molecule has 2 heteroatoms. The summed E-state index contributed by atoms with van der Waals surface area (Å²) in [5.74, 6) is 0.613.